The van der Waals surface area contributed by atoms with Gasteiger partial charge in [0.25, 0.3) is 0 Å². The quantitative estimate of drug-likeness (QED) is 0.583. The van der Waals surface area contributed by atoms with Gasteiger partial charge in [-0.1, -0.05) is 31.2 Å². The SMILES string of the molecule is CCOC(=O)C(Cl)c1ccc(CC)cc1. The summed E-state index contributed by atoms with van der Waals surface area (Å²) in [6, 6.07) is 7.69. The number of carbonyl (C=O) groups excluding carboxylic acids is 1. The summed E-state index contributed by atoms with van der Waals surface area (Å²) < 4.78 is 4.84. The highest BCUT2D eigenvalue weighted by Crippen LogP contribution is 2.22. The normalized spacial score (nSPS) is 12.2. The topological polar surface area (TPSA) is 26.3 Å². The summed E-state index contributed by atoms with van der Waals surface area (Å²) in [5, 5.41) is -0.698. The van der Waals surface area contributed by atoms with Crippen LogP contribution in [0, 0.1) is 0 Å². The van der Waals surface area contributed by atoms with Gasteiger partial charge < -0.3 is 4.74 Å². The second-order valence-corrected chi connectivity index (χ2v) is 3.65. The van der Waals surface area contributed by atoms with Crippen molar-refractivity contribution in [1.29, 1.82) is 0 Å². The molecule has 0 saturated carbocycles. The Morgan fingerprint density at radius 2 is 1.93 bits per heavy atom. The summed E-state index contributed by atoms with van der Waals surface area (Å²) in [6.45, 7) is 4.20. The maximum absolute atomic E-state index is 11.3. The van der Waals surface area contributed by atoms with Crippen LogP contribution < -0.4 is 0 Å². The number of benzene rings is 1. The molecule has 0 bridgehead atoms. The van der Waals surface area contributed by atoms with Crippen molar-refractivity contribution < 1.29 is 9.53 Å². The lowest BCUT2D eigenvalue weighted by Crippen LogP contribution is -2.10. The van der Waals surface area contributed by atoms with E-state index < -0.39 is 5.38 Å². The average molecular weight is 227 g/mol. The third-order valence-corrected chi connectivity index (χ3v) is 2.60. The zero-order valence-corrected chi connectivity index (χ0v) is 9.75. The minimum Gasteiger partial charge on any atom is -0.465 e. The van der Waals surface area contributed by atoms with Crippen molar-refractivity contribution in [2.45, 2.75) is 25.6 Å². The summed E-state index contributed by atoms with van der Waals surface area (Å²) in [5.74, 6) is -0.386. The van der Waals surface area contributed by atoms with Crippen LogP contribution in [0.1, 0.15) is 30.4 Å². The number of hydrogen-bond donors (Lipinski definition) is 0. The smallest absolute Gasteiger partial charge is 0.328 e. The lowest BCUT2D eigenvalue weighted by molar-refractivity contribution is -0.142. The lowest BCUT2D eigenvalue weighted by atomic mass is 10.1. The Morgan fingerprint density at radius 3 is 2.40 bits per heavy atom. The first-order chi connectivity index (χ1) is 7.19. The highest BCUT2D eigenvalue weighted by atomic mass is 35.5. The van der Waals surface area contributed by atoms with Crippen LogP contribution in [-0.2, 0) is 16.0 Å². The van der Waals surface area contributed by atoms with E-state index in [0.717, 1.165) is 12.0 Å². The first-order valence-corrected chi connectivity index (χ1v) is 5.52. The predicted molar refractivity (Wildman–Crippen MR) is 61.0 cm³/mol. The van der Waals surface area contributed by atoms with Crippen LogP contribution in [0.3, 0.4) is 0 Å². The molecule has 1 unspecified atom stereocenters. The molecule has 1 rings (SSSR count). The number of ether oxygens (including phenoxy) is 1. The molecule has 1 atom stereocenters. The van der Waals surface area contributed by atoms with Gasteiger partial charge >= 0.3 is 5.97 Å². The van der Waals surface area contributed by atoms with Gasteiger partial charge in [0.15, 0.2) is 5.38 Å². The van der Waals surface area contributed by atoms with E-state index in [1.807, 2.05) is 24.3 Å². The van der Waals surface area contributed by atoms with Gasteiger partial charge in [0.05, 0.1) is 6.61 Å². The van der Waals surface area contributed by atoms with Gasteiger partial charge in [-0.3, -0.25) is 4.79 Å². The van der Waals surface area contributed by atoms with Crippen LogP contribution in [0.15, 0.2) is 24.3 Å². The Morgan fingerprint density at radius 1 is 1.33 bits per heavy atom. The number of carbonyl (C=O) groups is 1. The van der Waals surface area contributed by atoms with Crippen molar-refractivity contribution in [2.75, 3.05) is 6.61 Å². The van der Waals surface area contributed by atoms with Crippen LogP contribution in [0.5, 0.6) is 0 Å². The van der Waals surface area contributed by atoms with Crippen LogP contribution in [0.2, 0.25) is 0 Å². The molecule has 0 fully saturated rings. The molecule has 82 valence electrons. The number of rotatable bonds is 4. The molecule has 0 aliphatic rings. The number of halogens is 1. The average Bonchev–Trinajstić information content (AvgIpc) is 2.28. The molecule has 3 heteroatoms. The first kappa shape index (κ1) is 12.1. The highest BCUT2D eigenvalue weighted by molar-refractivity contribution is 6.29. The molecule has 0 N–H and O–H groups in total. The molecule has 0 saturated heterocycles. The molecule has 0 amide bonds. The summed E-state index contributed by atoms with van der Waals surface area (Å²) in [4.78, 5) is 11.3. The predicted octanol–water partition coefficient (Wildman–Crippen LogP) is 3.09. The van der Waals surface area contributed by atoms with E-state index in [4.69, 9.17) is 16.3 Å². The maximum Gasteiger partial charge on any atom is 0.328 e. The fourth-order valence-corrected chi connectivity index (χ4v) is 1.48. The Hall–Kier alpha value is -1.02. The Balaban J connectivity index is 2.73. The van der Waals surface area contributed by atoms with E-state index in [1.54, 1.807) is 6.92 Å². The van der Waals surface area contributed by atoms with Crippen LogP contribution in [0.4, 0.5) is 0 Å². The van der Waals surface area contributed by atoms with Crippen LogP contribution in [-0.4, -0.2) is 12.6 Å². The third kappa shape index (κ3) is 3.24. The monoisotopic (exact) mass is 226 g/mol. The molecule has 0 radical (unpaired) electrons. The fraction of sp³-hybridized carbons (Fsp3) is 0.417. The Labute approximate surface area is 95.2 Å². The van der Waals surface area contributed by atoms with E-state index in [2.05, 4.69) is 6.92 Å². The molecule has 0 spiro atoms. The molecule has 1 aromatic carbocycles. The third-order valence-electron chi connectivity index (χ3n) is 2.17. The molecule has 15 heavy (non-hydrogen) atoms. The summed E-state index contributed by atoms with van der Waals surface area (Å²) in [7, 11) is 0. The fourth-order valence-electron chi connectivity index (χ4n) is 1.27. The number of aryl methyl sites for hydroxylation is 1. The second-order valence-electron chi connectivity index (χ2n) is 3.21. The first-order valence-electron chi connectivity index (χ1n) is 5.08. The summed E-state index contributed by atoms with van der Waals surface area (Å²) in [5.41, 5.74) is 2.01. The number of alkyl halides is 1. The van der Waals surface area contributed by atoms with Crippen molar-refractivity contribution in [2.24, 2.45) is 0 Å². The van der Waals surface area contributed by atoms with Crippen LogP contribution in [0.25, 0.3) is 0 Å². The van der Waals surface area contributed by atoms with Gasteiger partial charge in [0, 0.05) is 0 Å². The number of hydrogen-bond acceptors (Lipinski definition) is 2. The van der Waals surface area contributed by atoms with Gasteiger partial charge in [-0.05, 0) is 24.5 Å². The zero-order chi connectivity index (χ0) is 11.3. The molecular weight excluding hydrogens is 212 g/mol. The van der Waals surface area contributed by atoms with Gasteiger partial charge in [-0.2, -0.15) is 0 Å². The van der Waals surface area contributed by atoms with E-state index in [-0.39, 0.29) is 5.97 Å². The van der Waals surface area contributed by atoms with E-state index >= 15 is 0 Å². The Bertz CT molecular complexity index is 319. The molecule has 1 aromatic rings. The van der Waals surface area contributed by atoms with Crippen molar-refractivity contribution >= 4 is 17.6 Å². The van der Waals surface area contributed by atoms with Crippen molar-refractivity contribution in [3.8, 4) is 0 Å². The molecule has 0 aliphatic carbocycles. The zero-order valence-electron chi connectivity index (χ0n) is 9.00. The molecule has 0 aromatic heterocycles. The van der Waals surface area contributed by atoms with Crippen molar-refractivity contribution in [3.05, 3.63) is 35.4 Å². The number of esters is 1. The maximum atomic E-state index is 11.3. The largest absolute Gasteiger partial charge is 0.465 e. The van der Waals surface area contributed by atoms with Gasteiger partial charge in [-0.15, -0.1) is 11.6 Å². The summed E-state index contributed by atoms with van der Waals surface area (Å²) in [6.07, 6.45) is 0.979. The highest BCUT2D eigenvalue weighted by Gasteiger charge is 2.18. The molecular formula is C12H15ClO2. The molecule has 2 nitrogen and oxygen atoms in total. The lowest BCUT2D eigenvalue weighted by Gasteiger charge is -2.09. The van der Waals surface area contributed by atoms with Crippen molar-refractivity contribution in [3.63, 3.8) is 0 Å². The second kappa shape index (κ2) is 5.76. The van der Waals surface area contributed by atoms with E-state index in [0.29, 0.717) is 6.61 Å². The molecule has 0 heterocycles. The van der Waals surface area contributed by atoms with Crippen molar-refractivity contribution in [1.82, 2.24) is 0 Å². The van der Waals surface area contributed by atoms with Crippen LogP contribution >= 0.6 is 11.6 Å². The standard InChI is InChI=1S/C12H15ClO2/c1-3-9-5-7-10(8-6-9)11(13)12(14)15-4-2/h5-8,11H,3-4H2,1-2H3. The van der Waals surface area contributed by atoms with Gasteiger partial charge in [0.2, 0.25) is 0 Å². The minimum absolute atomic E-state index is 0.356. The summed E-state index contributed by atoms with van der Waals surface area (Å²) >= 11 is 5.96. The van der Waals surface area contributed by atoms with E-state index in [9.17, 15) is 4.79 Å². The Kier molecular flexibility index (Phi) is 4.63. The van der Waals surface area contributed by atoms with E-state index in [1.165, 1.54) is 5.56 Å². The molecule has 0 aliphatic heterocycles. The van der Waals surface area contributed by atoms with Gasteiger partial charge in [-0.25, -0.2) is 0 Å². The van der Waals surface area contributed by atoms with Gasteiger partial charge in [0.1, 0.15) is 0 Å². The minimum atomic E-state index is -0.698.